The van der Waals surface area contributed by atoms with Gasteiger partial charge >= 0.3 is 6.18 Å². The zero-order valence-corrected chi connectivity index (χ0v) is 17.8. The highest BCUT2D eigenvalue weighted by Gasteiger charge is 2.29. The molecule has 0 aliphatic rings. The van der Waals surface area contributed by atoms with Gasteiger partial charge in [-0.25, -0.2) is 0 Å². The maximum Gasteiger partial charge on any atom is 0.416 e. The Balaban J connectivity index is 0.00000364. The normalized spacial score (nSPS) is 11.9. The van der Waals surface area contributed by atoms with Gasteiger partial charge in [-0.2, -0.15) is 13.2 Å². The Labute approximate surface area is 173 Å². The Bertz CT molecular complexity index is 723. The zero-order chi connectivity index (χ0) is 19.2. The van der Waals surface area contributed by atoms with Crippen molar-refractivity contribution in [2.45, 2.75) is 32.9 Å². The molecule has 2 rings (SSSR count). The molecule has 0 aliphatic heterocycles. The van der Waals surface area contributed by atoms with Crippen molar-refractivity contribution in [1.29, 1.82) is 0 Å². The number of nitrogens with zero attached hydrogens (tertiary/aromatic N) is 2. The summed E-state index contributed by atoms with van der Waals surface area (Å²) in [5.41, 5.74) is 2.16. The smallest absolute Gasteiger partial charge is 0.361 e. The van der Waals surface area contributed by atoms with Gasteiger partial charge in [0.25, 0.3) is 0 Å². The first-order valence-corrected chi connectivity index (χ1v) is 8.33. The van der Waals surface area contributed by atoms with Crippen molar-refractivity contribution >= 4 is 29.9 Å². The van der Waals surface area contributed by atoms with E-state index in [1.165, 1.54) is 12.1 Å². The largest absolute Gasteiger partial charge is 0.416 e. The second-order valence-corrected chi connectivity index (χ2v) is 5.92. The van der Waals surface area contributed by atoms with Crippen molar-refractivity contribution in [3.63, 3.8) is 0 Å². The third-order valence-corrected chi connectivity index (χ3v) is 4.06. The summed E-state index contributed by atoms with van der Waals surface area (Å²) in [5, 5.41) is 10.3. The van der Waals surface area contributed by atoms with Gasteiger partial charge in [-0.3, -0.25) is 4.99 Å². The third kappa shape index (κ3) is 7.04. The lowest BCUT2D eigenvalue weighted by Crippen LogP contribution is -2.39. The summed E-state index contributed by atoms with van der Waals surface area (Å²) in [6.45, 7) is 5.02. The number of hydrogen-bond acceptors (Lipinski definition) is 3. The van der Waals surface area contributed by atoms with E-state index in [0.717, 1.165) is 41.1 Å². The van der Waals surface area contributed by atoms with E-state index in [1.807, 2.05) is 13.8 Å². The van der Waals surface area contributed by atoms with Crippen molar-refractivity contribution in [3.05, 3.63) is 52.4 Å². The minimum absolute atomic E-state index is 0. The highest BCUT2D eigenvalue weighted by molar-refractivity contribution is 14.0. The van der Waals surface area contributed by atoms with Crippen molar-refractivity contribution in [1.82, 2.24) is 15.8 Å². The Kier molecular flexibility index (Phi) is 9.07. The van der Waals surface area contributed by atoms with Gasteiger partial charge in [0.2, 0.25) is 0 Å². The van der Waals surface area contributed by atoms with Crippen LogP contribution in [0.1, 0.15) is 28.1 Å². The highest BCUT2D eigenvalue weighted by Crippen LogP contribution is 2.29. The summed E-state index contributed by atoms with van der Waals surface area (Å²) in [4.78, 5) is 4.14. The van der Waals surface area contributed by atoms with Crippen LogP contribution in [0.25, 0.3) is 0 Å². The van der Waals surface area contributed by atoms with Crippen LogP contribution in [0.5, 0.6) is 0 Å². The van der Waals surface area contributed by atoms with Gasteiger partial charge in [0.05, 0.1) is 11.3 Å². The molecule has 0 unspecified atom stereocenters. The van der Waals surface area contributed by atoms with Crippen LogP contribution in [0.3, 0.4) is 0 Å². The van der Waals surface area contributed by atoms with Gasteiger partial charge in [-0.1, -0.05) is 17.3 Å². The summed E-state index contributed by atoms with van der Waals surface area (Å²) < 4.78 is 42.8. The first-order chi connectivity index (χ1) is 12.3. The molecule has 1 heterocycles. The molecule has 0 fully saturated rings. The molecule has 0 spiro atoms. The highest BCUT2D eigenvalue weighted by atomic mass is 127. The molecule has 0 aliphatic carbocycles. The number of aliphatic imine (C=N–C) groups is 1. The van der Waals surface area contributed by atoms with Crippen molar-refractivity contribution < 1.29 is 17.7 Å². The third-order valence-electron chi connectivity index (χ3n) is 4.06. The fourth-order valence-electron chi connectivity index (χ4n) is 2.57. The monoisotopic (exact) mass is 496 g/mol. The molecule has 9 heteroatoms. The lowest BCUT2D eigenvalue weighted by molar-refractivity contribution is -0.137. The lowest BCUT2D eigenvalue weighted by atomic mass is 10.1. The number of halogens is 4. The Morgan fingerprint density at radius 1 is 1.07 bits per heavy atom. The minimum atomic E-state index is -4.30. The lowest BCUT2D eigenvalue weighted by Gasteiger charge is -2.12. The molecule has 1 aromatic heterocycles. The summed E-state index contributed by atoms with van der Waals surface area (Å²) >= 11 is 0. The standard InChI is InChI=1S/C18H23F3N4O.HI/c1-12-16(13(2)26-25-12)9-11-24-17(22-3)23-10-8-14-4-6-15(7-5-14)18(19,20)21;/h4-7H,8-11H2,1-3H3,(H2,22,23,24);1H. The quantitative estimate of drug-likeness (QED) is 0.362. The molecule has 0 atom stereocenters. The molecular weight excluding hydrogens is 472 g/mol. The van der Waals surface area contributed by atoms with Crippen LogP contribution in [0.2, 0.25) is 0 Å². The van der Waals surface area contributed by atoms with Crippen LogP contribution in [0.4, 0.5) is 13.2 Å². The number of guanidine groups is 1. The Morgan fingerprint density at radius 3 is 2.15 bits per heavy atom. The molecule has 1 aromatic carbocycles. The maximum absolute atomic E-state index is 12.5. The second-order valence-electron chi connectivity index (χ2n) is 5.92. The van der Waals surface area contributed by atoms with Crippen molar-refractivity contribution in [3.8, 4) is 0 Å². The summed E-state index contributed by atoms with van der Waals surface area (Å²) in [7, 11) is 1.67. The van der Waals surface area contributed by atoms with Gasteiger partial charge in [0, 0.05) is 25.7 Å². The van der Waals surface area contributed by atoms with Crippen molar-refractivity contribution in [2.75, 3.05) is 20.1 Å². The van der Waals surface area contributed by atoms with Gasteiger partial charge in [0.1, 0.15) is 5.76 Å². The fraction of sp³-hybridized carbons (Fsp3) is 0.444. The number of aromatic nitrogens is 1. The number of alkyl halides is 3. The van der Waals surface area contributed by atoms with Crippen LogP contribution < -0.4 is 10.6 Å². The zero-order valence-electron chi connectivity index (χ0n) is 15.5. The molecule has 0 radical (unpaired) electrons. The van der Waals surface area contributed by atoms with E-state index < -0.39 is 11.7 Å². The molecule has 5 nitrogen and oxygen atoms in total. The summed E-state index contributed by atoms with van der Waals surface area (Å²) in [6.07, 6.45) is -2.94. The van der Waals surface area contributed by atoms with Crippen LogP contribution in [0, 0.1) is 13.8 Å². The van der Waals surface area contributed by atoms with Crippen LogP contribution >= 0.6 is 24.0 Å². The van der Waals surface area contributed by atoms with E-state index in [2.05, 4.69) is 20.8 Å². The first-order valence-electron chi connectivity index (χ1n) is 8.33. The predicted molar refractivity (Wildman–Crippen MR) is 110 cm³/mol. The molecular formula is C18H24F3IN4O. The number of hydrogen-bond donors (Lipinski definition) is 2. The van der Waals surface area contributed by atoms with Gasteiger partial charge in [-0.15, -0.1) is 24.0 Å². The molecule has 0 saturated carbocycles. The number of benzene rings is 1. The molecule has 0 amide bonds. The van der Waals surface area contributed by atoms with E-state index in [-0.39, 0.29) is 24.0 Å². The molecule has 0 saturated heterocycles. The topological polar surface area (TPSA) is 62.5 Å². The number of rotatable bonds is 6. The second kappa shape index (κ2) is 10.5. The minimum Gasteiger partial charge on any atom is -0.361 e. The molecule has 2 N–H and O–H groups in total. The molecule has 0 bridgehead atoms. The van der Waals surface area contributed by atoms with E-state index in [1.54, 1.807) is 7.05 Å². The van der Waals surface area contributed by atoms with E-state index in [9.17, 15) is 13.2 Å². The average Bonchev–Trinajstić information content (AvgIpc) is 2.92. The maximum atomic E-state index is 12.5. The summed E-state index contributed by atoms with van der Waals surface area (Å²) in [5.74, 6) is 1.46. The van der Waals surface area contributed by atoms with Gasteiger partial charge in [-0.05, 0) is 44.4 Å². The Morgan fingerprint density at radius 2 is 1.67 bits per heavy atom. The first kappa shape index (κ1) is 23.3. The van der Waals surface area contributed by atoms with Crippen LogP contribution in [-0.4, -0.2) is 31.3 Å². The predicted octanol–water partition coefficient (Wildman–Crippen LogP) is 3.88. The van der Waals surface area contributed by atoms with Gasteiger partial charge < -0.3 is 15.2 Å². The fourth-order valence-corrected chi connectivity index (χ4v) is 2.57. The molecule has 150 valence electrons. The van der Waals surface area contributed by atoms with E-state index in [0.29, 0.717) is 25.5 Å². The summed E-state index contributed by atoms with van der Waals surface area (Å²) in [6, 6.07) is 5.20. The van der Waals surface area contributed by atoms with Crippen molar-refractivity contribution in [2.24, 2.45) is 4.99 Å². The number of nitrogens with one attached hydrogen (secondary N) is 2. The van der Waals surface area contributed by atoms with Crippen LogP contribution in [-0.2, 0) is 19.0 Å². The SMILES string of the molecule is CN=C(NCCc1ccc(C(F)(F)F)cc1)NCCc1c(C)noc1C.I. The average molecular weight is 496 g/mol. The molecule has 27 heavy (non-hydrogen) atoms. The van der Waals surface area contributed by atoms with Crippen LogP contribution in [0.15, 0.2) is 33.8 Å². The van der Waals surface area contributed by atoms with E-state index >= 15 is 0 Å². The molecule has 2 aromatic rings. The van der Waals surface area contributed by atoms with E-state index in [4.69, 9.17) is 4.52 Å². The van der Waals surface area contributed by atoms with Gasteiger partial charge in [0.15, 0.2) is 5.96 Å². The number of aryl methyl sites for hydroxylation is 2. The Hall–Kier alpha value is -1.78.